The largest absolute Gasteiger partial charge is 0.0654 e. The summed E-state index contributed by atoms with van der Waals surface area (Å²) in [5.74, 6) is 0. The summed E-state index contributed by atoms with van der Waals surface area (Å²) in [5, 5.41) is 0. The van der Waals surface area contributed by atoms with E-state index in [4.69, 9.17) is 0 Å². The van der Waals surface area contributed by atoms with Gasteiger partial charge >= 0.3 is 0 Å². The summed E-state index contributed by atoms with van der Waals surface area (Å²) in [6, 6.07) is 0. The highest BCUT2D eigenvalue weighted by Gasteiger charge is 1.99. The first-order valence-electron chi connectivity index (χ1n) is 30.8. The normalized spacial score (nSPS) is 11.4. The van der Waals surface area contributed by atoms with Crippen LogP contribution in [0, 0.1) is 0 Å². The number of rotatable bonds is 56. The van der Waals surface area contributed by atoms with E-state index in [0.29, 0.717) is 0 Å². The second-order valence-corrected chi connectivity index (χ2v) is 21.1. The van der Waals surface area contributed by atoms with Crippen LogP contribution in [0.15, 0.2) is 0 Å². The molecule has 0 aliphatic carbocycles. The van der Waals surface area contributed by atoms with Crippen molar-refractivity contribution in [1.82, 2.24) is 0 Å². The van der Waals surface area contributed by atoms with Crippen LogP contribution in [0.4, 0.5) is 0 Å². The van der Waals surface area contributed by atoms with Crippen molar-refractivity contribution in [2.24, 2.45) is 0 Å². The van der Waals surface area contributed by atoms with Crippen LogP contribution in [0.5, 0.6) is 0 Å². The maximum Gasteiger partial charge on any atom is -0.0533 e. The molecule has 376 valence electrons. The Morgan fingerprint density at radius 2 is 0.129 bits per heavy atom. The molecule has 0 unspecified atom stereocenters. The molecular formula is C62H128. The van der Waals surface area contributed by atoms with Crippen LogP contribution in [0.2, 0.25) is 0 Å². The average molecular weight is 874 g/mol. The Balaban J connectivity index is 0. The zero-order valence-electron chi connectivity index (χ0n) is 45.0. The van der Waals surface area contributed by atoms with Crippen LogP contribution >= 0.6 is 0 Å². The molecule has 0 rings (SSSR count). The Morgan fingerprint density at radius 1 is 0.0806 bits per heavy atom. The highest BCUT2D eigenvalue weighted by atomic mass is 14.1. The van der Waals surface area contributed by atoms with Gasteiger partial charge in [0.05, 0.1) is 0 Å². The molecule has 0 atom stereocenters. The van der Waals surface area contributed by atoms with E-state index in [0.717, 1.165) is 0 Å². The average Bonchev–Trinajstić information content (AvgIpc) is 3.28. The minimum Gasteiger partial charge on any atom is -0.0654 e. The molecule has 0 spiro atoms. The van der Waals surface area contributed by atoms with Crippen LogP contribution in [-0.2, 0) is 0 Å². The third-order valence-corrected chi connectivity index (χ3v) is 14.4. The molecule has 0 nitrogen and oxygen atoms in total. The van der Waals surface area contributed by atoms with E-state index in [2.05, 4.69) is 27.7 Å². The van der Waals surface area contributed by atoms with Gasteiger partial charge in [-0.05, 0) is 0 Å². The van der Waals surface area contributed by atoms with Gasteiger partial charge < -0.3 is 0 Å². The van der Waals surface area contributed by atoms with Crippen molar-refractivity contribution >= 4 is 0 Å². The van der Waals surface area contributed by atoms with Gasteiger partial charge in [-0.25, -0.2) is 0 Å². The van der Waals surface area contributed by atoms with E-state index in [9.17, 15) is 0 Å². The minimum atomic E-state index is 1.37. The quantitative estimate of drug-likeness (QED) is 0.0534. The molecule has 0 heterocycles. The fraction of sp³-hybridized carbons (Fsp3) is 1.00. The van der Waals surface area contributed by atoms with Crippen molar-refractivity contribution in [3.8, 4) is 0 Å². The van der Waals surface area contributed by atoms with Gasteiger partial charge in [-0.2, -0.15) is 0 Å². The number of hydrogen-bond donors (Lipinski definition) is 0. The Hall–Kier alpha value is 0. The molecule has 0 heteroatoms. The molecule has 0 bridgehead atoms. The van der Waals surface area contributed by atoms with Gasteiger partial charge in [-0.15, -0.1) is 0 Å². The minimum absolute atomic E-state index is 1.37. The van der Waals surface area contributed by atoms with E-state index >= 15 is 0 Å². The molecule has 0 aromatic rings. The van der Waals surface area contributed by atoms with Crippen LogP contribution in [0.25, 0.3) is 0 Å². The summed E-state index contributed by atoms with van der Waals surface area (Å²) in [4.78, 5) is 0. The molecule has 0 N–H and O–H groups in total. The monoisotopic (exact) mass is 873 g/mol. The first kappa shape index (κ1) is 64.1. The van der Waals surface area contributed by atoms with Gasteiger partial charge in [-0.1, -0.05) is 400 Å². The topological polar surface area (TPSA) is 0 Å². The van der Waals surface area contributed by atoms with Crippen molar-refractivity contribution in [3.63, 3.8) is 0 Å². The summed E-state index contributed by atoms with van der Waals surface area (Å²) in [7, 11) is 0. The molecule has 62 heavy (non-hydrogen) atoms. The van der Waals surface area contributed by atoms with E-state index < -0.39 is 0 Å². The lowest BCUT2D eigenvalue weighted by molar-refractivity contribution is 0.514. The first-order chi connectivity index (χ1) is 30.8. The van der Waals surface area contributed by atoms with Crippen molar-refractivity contribution in [1.29, 1.82) is 0 Å². The van der Waals surface area contributed by atoms with Crippen molar-refractivity contribution in [2.45, 2.75) is 400 Å². The second-order valence-electron chi connectivity index (χ2n) is 21.1. The third kappa shape index (κ3) is 66.6. The van der Waals surface area contributed by atoms with E-state index in [1.165, 1.54) is 372 Å². The van der Waals surface area contributed by atoms with Crippen LogP contribution in [0.3, 0.4) is 0 Å². The maximum absolute atomic E-state index is 2.31. The van der Waals surface area contributed by atoms with Gasteiger partial charge in [0, 0.05) is 0 Å². The summed E-state index contributed by atoms with van der Waals surface area (Å²) in [6.07, 6.45) is 85.8. The molecule has 0 saturated carbocycles. The number of hydrogen-bond acceptors (Lipinski definition) is 0. The summed E-state index contributed by atoms with van der Waals surface area (Å²) >= 11 is 0. The van der Waals surface area contributed by atoms with Crippen molar-refractivity contribution in [2.75, 3.05) is 0 Å². The smallest absolute Gasteiger partial charge is 0.0533 e. The maximum atomic E-state index is 2.31. The van der Waals surface area contributed by atoms with Gasteiger partial charge in [0.2, 0.25) is 0 Å². The van der Waals surface area contributed by atoms with Gasteiger partial charge in [0.15, 0.2) is 0 Å². The highest BCUT2D eigenvalue weighted by Crippen LogP contribution is 2.19. The van der Waals surface area contributed by atoms with Crippen LogP contribution in [-0.4, -0.2) is 0 Å². The predicted octanol–water partition coefficient (Wildman–Crippen LogP) is 24.7. The first-order valence-corrected chi connectivity index (χ1v) is 30.8. The molecular weight excluding hydrogens is 745 g/mol. The summed E-state index contributed by atoms with van der Waals surface area (Å²) in [6.45, 7) is 9.22. The fourth-order valence-electron chi connectivity index (χ4n) is 9.84. The van der Waals surface area contributed by atoms with Crippen LogP contribution < -0.4 is 0 Å². The third-order valence-electron chi connectivity index (χ3n) is 14.4. The SMILES string of the molecule is CCCCCCCCCCCCCCCCCCCCCCCCCCCCCCC.CCCCCCCCCCCCCCCCCCCCCCCCCCCCCCC. The molecule has 0 saturated heterocycles. The Kier molecular flexibility index (Phi) is 67.5. The van der Waals surface area contributed by atoms with Crippen LogP contribution in [0.1, 0.15) is 400 Å². The zero-order valence-corrected chi connectivity index (χ0v) is 45.0. The lowest BCUT2D eigenvalue weighted by Crippen LogP contribution is -1.85. The molecule has 0 aliphatic rings. The van der Waals surface area contributed by atoms with Crippen molar-refractivity contribution < 1.29 is 0 Å². The zero-order chi connectivity index (χ0) is 45.0. The number of unbranched alkanes of at least 4 members (excludes halogenated alkanes) is 56. The Labute approximate surface area is 398 Å². The van der Waals surface area contributed by atoms with E-state index in [1.807, 2.05) is 0 Å². The molecule has 0 amide bonds. The fourth-order valence-corrected chi connectivity index (χ4v) is 9.84. The summed E-state index contributed by atoms with van der Waals surface area (Å²) in [5.41, 5.74) is 0. The molecule has 0 aliphatic heterocycles. The van der Waals surface area contributed by atoms with Crippen molar-refractivity contribution in [3.05, 3.63) is 0 Å². The lowest BCUT2D eigenvalue weighted by Gasteiger charge is -2.04. The van der Waals surface area contributed by atoms with Gasteiger partial charge in [-0.3, -0.25) is 0 Å². The molecule has 0 aromatic heterocycles. The second kappa shape index (κ2) is 65.3. The standard InChI is InChI=1S/2C31H64/c2*1-3-5-7-9-11-13-15-17-19-21-23-25-27-29-31-30-28-26-24-22-20-18-16-14-12-10-8-6-4-2/h2*3-31H2,1-2H3. The molecule has 0 aromatic carbocycles. The Bertz CT molecular complexity index is 566. The molecule has 0 radical (unpaired) electrons. The summed E-state index contributed by atoms with van der Waals surface area (Å²) < 4.78 is 0. The highest BCUT2D eigenvalue weighted by molar-refractivity contribution is 4.55. The lowest BCUT2D eigenvalue weighted by atomic mass is 10.0. The van der Waals surface area contributed by atoms with E-state index in [1.54, 1.807) is 0 Å². The van der Waals surface area contributed by atoms with Gasteiger partial charge in [0.1, 0.15) is 0 Å². The van der Waals surface area contributed by atoms with E-state index in [-0.39, 0.29) is 0 Å². The molecule has 0 fully saturated rings. The van der Waals surface area contributed by atoms with Gasteiger partial charge in [0.25, 0.3) is 0 Å². The predicted molar refractivity (Wildman–Crippen MR) is 290 cm³/mol. The Morgan fingerprint density at radius 3 is 0.177 bits per heavy atom.